The highest BCUT2D eigenvalue weighted by Crippen LogP contribution is 2.42. The normalized spacial score (nSPS) is 22.9. The number of hydrogen-bond acceptors (Lipinski definition) is 3. The van der Waals surface area contributed by atoms with Gasteiger partial charge in [0.15, 0.2) is 5.96 Å². The van der Waals surface area contributed by atoms with Gasteiger partial charge in [0.25, 0.3) is 0 Å². The molecule has 2 rings (SSSR count). The Balaban J connectivity index is 1.86. The lowest BCUT2D eigenvalue weighted by atomic mass is 9.87. The van der Waals surface area contributed by atoms with Gasteiger partial charge in [0.05, 0.1) is 0 Å². The van der Waals surface area contributed by atoms with E-state index in [0.29, 0.717) is 4.75 Å². The van der Waals surface area contributed by atoms with Gasteiger partial charge < -0.3 is 15.1 Å². The van der Waals surface area contributed by atoms with E-state index in [2.05, 4.69) is 45.8 Å². The maximum absolute atomic E-state index is 4.52. The summed E-state index contributed by atoms with van der Waals surface area (Å²) in [5.74, 6) is 2.35. The first-order chi connectivity index (χ1) is 10.2. The maximum Gasteiger partial charge on any atom is 0.193 e. The van der Waals surface area contributed by atoms with Gasteiger partial charge in [0.1, 0.15) is 0 Å². The number of nitrogens with one attached hydrogen (secondary N) is 1. The Kier molecular flexibility index (Phi) is 6.68. The zero-order chi connectivity index (χ0) is 15.1. The first-order valence-corrected chi connectivity index (χ1v) is 9.46. The monoisotopic (exact) mass is 312 g/mol. The molecule has 0 amide bonds. The molecule has 122 valence electrons. The lowest BCUT2D eigenvalue weighted by molar-refractivity contribution is 0.291. The van der Waals surface area contributed by atoms with E-state index in [1.165, 1.54) is 44.4 Å². The van der Waals surface area contributed by atoms with Crippen molar-refractivity contribution in [1.29, 1.82) is 0 Å². The number of likely N-dealkylation sites (N-methyl/N-ethyl adjacent to an activating group) is 1. The highest BCUT2D eigenvalue weighted by molar-refractivity contribution is 8.00. The summed E-state index contributed by atoms with van der Waals surface area (Å²) in [6.07, 6.45) is 7.04. The van der Waals surface area contributed by atoms with Crippen LogP contribution in [0.25, 0.3) is 0 Å². The number of nitrogens with zero attached hydrogens (tertiary/aromatic N) is 3. The van der Waals surface area contributed by atoms with Crippen molar-refractivity contribution < 1.29 is 0 Å². The first-order valence-electron chi connectivity index (χ1n) is 8.47. The lowest BCUT2D eigenvalue weighted by Crippen LogP contribution is -2.54. The van der Waals surface area contributed by atoms with Crippen molar-refractivity contribution in [2.75, 3.05) is 52.6 Å². The van der Waals surface area contributed by atoms with Crippen molar-refractivity contribution in [3.05, 3.63) is 0 Å². The first kappa shape index (κ1) is 16.9. The summed E-state index contributed by atoms with van der Waals surface area (Å²) in [6.45, 7) is 7.67. The van der Waals surface area contributed by atoms with Crippen LogP contribution in [0, 0.1) is 0 Å². The molecule has 21 heavy (non-hydrogen) atoms. The number of hydrogen-bond donors (Lipinski definition) is 1. The predicted molar refractivity (Wildman–Crippen MR) is 94.4 cm³/mol. The molecule has 2 fully saturated rings. The van der Waals surface area contributed by atoms with E-state index in [1.54, 1.807) is 0 Å². The van der Waals surface area contributed by atoms with Crippen LogP contribution in [0.2, 0.25) is 0 Å². The molecule has 0 atom stereocenters. The quantitative estimate of drug-likeness (QED) is 0.637. The Bertz CT molecular complexity index is 334. The van der Waals surface area contributed by atoms with Crippen molar-refractivity contribution >= 4 is 17.7 Å². The third-order valence-electron chi connectivity index (χ3n) is 4.84. The van der Waals surface area contributed by atoms with E-state index >= 15 is 0 Å². The number of aliphatic imine (C=N–C) groups is 1. The fourth-order valence-electron chi connectivity index (χ4n) is 3.37. The van der Waals surface area contributed by atoms with Crippen LogP contribution in [0.1, 0.15) is 39.0 Å². The molecule has 1 aliphatic carbocycles. The smallest absolute Gasteiger partial charge is 0.193 e. The average molecular weight is 313 g/mol. The summed E-state index contributed by atoms with van der Waals surface area (Å²) in [4.78, 5) is 9.34. The van der Waals surface area contributed by atoms with Crippen LogP contribution in [0.5, 0.6) is 0 Å². The van der Waals surface area contributed by atoms with Gasteiger partial charge in [-0.15, -0.1) is 0 Å². The zero-order valence-corrected chi connectivity index (χ0v) is 14.8. The van der Waals surface area contributed by atoms with Gasteiger partial charge in [-0.3, -0.25) is 4.99 Å². The molecule has 1 saturated heterocycles. The molecule has 1 N–H and O–H groups in total. The third kappa shape index (κ3) is 4.78. The van der Waals surface area contributed by atoms with Crippen LogP contribution in [0.4, 0.5) is 0 Å². The van der Waals surface area contributed by atoms with Crippen LogP contribution in [0.3, 0.4) is 0 Å². The average Bonchev–Trinajstić information content (AvgIpc) is 2.52. The predicted octanol–water partition coefficient (Wildman–Crippen LogP) is 2.27. The molecule has 1 heterocycles. The van der Waals surface area contributed by atoms with Gasteiger partial charge in [-0.2, -0.15) is 11.8 Å². The second-order valence-electron chi connectivity index (χ2n) is 6.38. The van der Waals surface area contributed by atoms with Crippen LogP contribution < -0.4 is 5.32 Å². The minimum atomic E-state index is 0.508. The highest BCUT2D eigenvalue weighted by atomic mass is 32.2. The molecule has 4 nitrogen and oxygen atoms in total. The van der Waals surface area contributed by atoms with Gasteiger partial charge in [-0.05, 0) is 26.4 Å². The van der Waals surface area contributed by atoms with Crippen LogP contribution in [-0.2, 0) is 0 Å². The number of rotatable bonds is 4. The Morgan fingerprint density at radius 1 is 1.33 bits per heavy atom. The molecule has 5 heteroatoms. The summed E-state index contributed by atoms with van der Waals surface area (Å²) in [5.41, 5.74) is 0. The van der Waals surface area contributed by atoms with E-state index in [0.717, 1.165) is 32.1 Å². The lowest BCUT2D eigenvalue weighted by Gasteiger charge is -2.45. The van der Waals surface area contributed by atoms with E-state index < -0.39 is 0 Å². The van der Waals surface area contributed by atoms with Crippen molar-refractivity contribution in [3.63, 3.8) is 0 Å². The van der Waals surface area contributed by atoms with E-state index in [4.69, 9.17) is 0 Å². The van der Waals surface area contributed by atoms with Gasteiger partial charge in [0.2, 0.25) is 0 Å². The van der Waals surface area contributed by atoms with E-state index in [-0.39, 0.29) is 0 Å². The SMILES string of the molecule is CCN(C)CCNC(=NC)N1CCSC2(CCCCC2)C1. The molecule has 0 aromatic heterocycles. The molecule has 0 aromatic carbocycles. The van der Waals surface area contributed by atoms with E-state index in [1.807, 2.05) is 7.05 Å². The Morgan fingerprint density at radius 3 is 2.76 bits per heavy atom. The zero-order valence-electron chi connectivity index (χ0n) is 14.0. The van der Waals surface area contributed by atoms with Gasteiger partial charge in [-0.1, -0.05) is 26.2 Å². The summed E-state index contributed by atoms with van der Waals surface area (Å²) in [5, 5.41) is 3.55. The minimum Gasteiger partial charge on any atom is -0.355 e. The molecule has 0 bridgehead atoms. The molecular weight excluding hydrogens is 280 g/mol. The summed E-state index contributed by atoms with van der Waals surface area (Å²) in [6, 6.07) is 0. The molecular formula is C16H32N4S. The molecule has 1 aliphatic heterocycles. The fraction of sp³-hybridized carbons (Fsp3) is 0.938. The summed E-state index contributed by atoms with van der Waals surface area (Å²) < 4.78 is 0.508. The van der Waals surface area contributed by atoms with Crippen molar-refractivity contribution in [2.24, 2.45) is 4.99 Å². The maximum atomic E-state index is 4.52. The van der Waals surface area contributed by atoms with Crippen LogP contribution in [-0.4, -0.2) is 73.1 Å². The van der Waals surface area contributed by atoms with Crippen molar-refractivity contribution in [2.45, 2.75) is 43.8 Å². The van der Waals surface area contributed by atoms with Crippen molar-refractivity contribution in [3.8, 4) is 0 Å². The van der Waals surface area contributed by atoms with Crippen LogP contribution >= 0.6 is 11.8 Å². The molecule has 0 radical (unpaired) electrons. The van der Waals surface area contributed by atoms with Crippen molar-refractivity contribution in [1.82, 2.24) is 15.1 Å². The number of thioether (sulfide) groups is 1. The molecule has 1 saturated carbocycles. The molecule has 2 aliphatic rings. The summed E-state index contributed by atoms with van der Waals surface area (Å²) >= 11 is 2.22. The highest BCUT2D eigenvalue weighted by Gasteiger charge is 2.38. The second kappa shape index (κ2) is 8.28. The van der Waals surface area contributed by atoms with Crippen LogP contribution in [0.15, 0.2) is 4.99 Å². The van der Waals surface area contributed by atoms with Gasteiger partial charge in [0, 0.05) is 43.7 Å². The van der Waals surface area contributed by atoms with Gasteiger partial charge in [-0.25, -0.2) is 0 Å². The molecule has 1 spiro atoms. The Morgan fingerprint density at radius 2 is 2.10 bits per heavy atom. The third-order valence-corrected chi connectivity index (χ3v) is 6.38. The largest absolute Gasteiger partial charge is 0.355 e. The van der Waals surface area contributed by atoms with E-state index in [9.17, 15) is 0 Å². The minimum absolute atomic E-state index is 0.508. The molecule has 0 aromatic rings. The fourth-order valence-corrected chi connectivity index (χ4v) is 4.94. The standard InChI is InChI=1S/C16H32N4S/c1-4-19(3)11-10-18-15(17-2)20-12-13-21-16(14-20)8-6-5-7-9-16/h4-14H2,1-3H3,(H,17,18). The number of guanidine groups is 1. The summed E-state index contributed by atoms with van der Waals surface area (Å²) in [7, 11) is 4.08. The van der Waals surface area contributed by atoms with Gasteiger partial charge >= 0.3 is 0 Å². The Labute approximate surface area is 134 Å². The second-order valence-corrected chi connectivity index (χ2v) is 7.95. The molecule has 0 unspecified atom stereocenters. The Hall–Kier alpha value is -0.420. The topological polar surface area (TPSA) is 30.9 Å².